The van der Waals surface area contributed by atoms with Crippen molar-refractivity contribution in [2.45, 2.75) is 40.3 Å². The van der Waals surface area contributed by atoms with E-state index in [4.69, 9.17) is 10.5 Å². The van der Waals surface area contributed by atoms with E-state index in [1.807, 2.05) is 13.8 Å². The van der Waals surface area contributed by atoms with Crippen LogP contribution in [0.4, 0.5) is 11.5 Å². The fourth-order valence-corrected chi connectivity index (χ4v) is 3.90. The van der Waals surface area contributed by atoms with Gasteiger partial charge in [0.2, 0.25) is 0 Å². The van der Waals surface area contributed by atoms with E-state index in [2.05, 4.69) is 9.97 Å². The van der Waals surface area contributed by atoms with Crippen LogP contribution in [0.5, 0.6) is 0 Å². The zero-order valence-electron chi connectivity index (χ0n) is 20.2. The molecule has 2 aromatic heterocycles. The molecule has 188 valence electrons. The predicted octanol–water partition coefficient (Wildman–Crippen LogP) is 0.481. The molecule has 1 amide bonds. The lowest BCUT2D eigenvalue weighted by Gasteiger charge is -2.25. The Bertz CT molecular complexity index is 1480. The normalized spacial score (nSPS) is 11.3. The monoisotopic (exact) mass is 486 g/mol. The van der Waals surface area contributed by atoms with Crippen molar-refractivity contribution in [3.63, 3.8) is 0 Å². The highest BCUT2D eigenvalue weighted by molar-refractivity contribution is 6.08. The molecule has 35 heavy (non-hydrogen) atoms. The van der Waals surface area contributed by atoms with Crippen LogP contribution in [0.25, 0.3) is 10.9 Å². The highest BCUT2D eigenvalue weighted by atomic mass is 16.5. The van der Waals surface area contributed by atoms with Crippen LogP contribution in [0, 0.1) is 5.92 Å². The number of nitrogen functional groups attached to an aromatic ring is 1. The van der Waals surface area contributed by atoms with Crippen LogP contribution in [0.2, 0.25) is 0 Å². The van der Waals surface area contributed by atoms with Crippen molar-refractivity contribution in [2.75, 3.05) is 30.9 Å². The first-order chi connectivity index (χ1) is 16.6. The van der Waals surface area contributed by atoms with Crippen molar-refractivity contribution in [1.29, 1.82) is 0 Å². The highest BCUT2D eigenvalue weighted by Crippen LogP contribution is 2.21. The number of nitrogens with one attached hydrogen (secondary N) is 2. The molecule has 1 aromatic carbocycles. The fourth-order valence-electron chi connectivity index (χ4n) is 3.90. The number of nitrogens with two attached hydrogens (primary N) is 1. The van der Waals surface area contributed by atoms with Crippen LogP contribution in [0.1, 0.15) is 37.6 Å². The summed E-state index contributed by atoms with van der Waals surface area (Å²) in [6.07, 6.45) is 0.385. The van der Waals surface area contributed by atoms with E-state index in [9.17, 15) is 24.0 Å². The summed E-state index contributed by atoms with van der Waals surface area (Å²) in [5, 5.41) is 0.247. The summed E-state index contributed by atoms with van der Waals surface area (Å²) in [5.41, 5.74) is 3.90. The third-order valence-corrected chi connectivity index (χ3v) is 5.55. The number of amides is 1. The minimum Gasteiger partial charge on any atom is -0.385 e. The van der Waals surface area contributed by atoms with Gasteiger partial charge < -0.3 is 20.4 Å². The van der Waals surface area contributed by atoms with Crippen LogP contribution >= 0.6 is 0 Å². The Balaban J connectivity index is 2.17. The summed E-state index contributed by atoms with van der Waals surface area (Å²) in [6, 6.07) is 4.29. The number of anilines is 2. The molecule has 3 rings (SSSR count). The summed E-state index contributed by atoms with van der Waals surface area (Å²) < 4.78 is 7.37. The zero-order chi connectivity index (χ0) is 25.9. The van der Waals surface area contributed by atoms with E-state index >= 15 is 0 Å². The first kappa shape index (κ1) is 25.7. The molecule has 0 bridgehead atoms. The number of aromatic amines is 2. The highest BCUT2D eigenvalue weighted by Gasteiger charge is 2.26. The zero-order valence-corrected chi connectivity index (χ0v) is 20.2. The Morgan fingerprint density at radius 1 is 1.11 bits per heavy atom. The standard InChI is InChI=1S/C23H30N6O6/c1-5-27-21(32)15-8-7-14(11-16(15)25-22(27)33)20(31)28(9-6-10-35-4)17-18(24)29(12-13(2)3)23(34)26-19(17)30/h7-8,11,13H,5-6,9-10,12,24H2,1-4H3,(H,25,33)(H,26,30,34). The van der Waals surface area contributed by atoms with Crippen LogP contribution < -0.4 is 33.1 Å². The largest absolute Gasteiger partial charge is 0.385 e. The van der Waals surface area contributed by atoms with Gasteiger partial charge in [-0.3, -0.25) is 28.5 Å². The first-order valence-corrected chi connectivity index (χ1v) is 11.3. The molecule has 12 heteroatoms. The maximum atomic E-state index is 13.6. The SMILES string of the molecule is CCn1c(=O)[nH]c2cc(C(=O)N(CCCOC)c3c(N)n(CC(C)C)c(=O)[nH]c3=O)ccc2c1=O. The lowest BCUT2D eigenvalue weighted by Crippen LogP contribution is -2.42. The Morgan fingerprint density at radius 2 is 1.80 bits per heavy atom. The van der Waals surface area contributed by atoms with Gasteiger partial charge in [0.25, 0.3) is 17.0 Å². The summed E-state index contributed by atoms with van der Waals surface area (Å²) >= 11 is 0. The van der Waals surface area contributed by atoms with E-state index in [1.54, 1.807) is 6.92 Å². The number of nitrogens with zero attached hydrogens (tertiary/aromatic N) is 3. The molecular weight excluding hydrogens is 456 g/mol. The van der Waals surface area contributed by atoms with Gasteiger partial charge in [0.1, 0.15) is 5.82 Å². The smallest absolute Gasteiger partial charge is 0.330 e. The van der Waals surface area contributed by atoms with E-state index in [0.29, 0.717) is 13.0 Å². The van der Waals surface area contributed by atoms with E-state index in [-0.39, 0.29) is 53.5 Å². The second-order valence-corrected chi connectivity index (χ2v) is 8.54. The van der Waals surface area contributed by atoms with Gasteiger partial charge in [-0.25, -0.2) is 9.59 Å². The molecule has 0 saturated carbocycles. The summed E-state index contributed by atoms with van der Waals surface area (Å²) in [6.45, 7) is 6.29. The van der Waals surface area contributed by atoms with Gasteiger partial charge in [0, 0.05) is 38.9 Å². The van der Waals surface area contributed by atoms with Crippen molar-refractivity contribution in [3.8, 4) is 0 Å². The number of fused-ring (bicyclic) bond motifs is 1. The molecule has 0 aliphatic heterocycles. The van der Waals surface area contributed by atoms with Gasteiger partial charge in [0.05, 0.1) is 10.9 Å². The topological polar surface area (TPSA) is 165 Å². The van der Waals surface area contributed by atoms with Crippen LogP contribution in [-0.4, -0.2) is 45.3 Å². The average molecular weight is 487 g/mol. The number of rotatable bonds is 9. The van der Waals surface area contributed by atoms with E-state index in [1.165, 1.54) is 34.8 Å². The predicted molar refractivity (Wildman–Crippen MR) is 133 cm³/mol. The lowest BCUT2D eigenvalue weighted by molar-refractivity contribution is 0.0983. The fraction of sp³-hybridized carbons (Fsp3) is 0.435. The molecule has 0 aliphatic carbocycles. The molecule has 0 fully saturated rings. The number of H-pyrrole nitrogens is 2. The summed E-state index contributed by atoms with van der Waals surface area (Å²) in [7, 11) is 1.51. The number of aromatic nitrogens is 4. The van der Waals surface area contributed by atoms with E-state index in [0.717, 1.165) is 4.57 Å². The number of benzene rings is 1. The Labute approximate surface area is 200 Å². The van der Waals surface area contributed by atoms with Crippen LogP contribution in [-0.2, 0) is 17.8 Å². The van der Waals surface area contributed by atoms with Gasteiger partial charge in [0.15, 0.2) is 5.69 Å². The number of hydrogen-bond donors (Lipinski definition) is 3. The quantitative estimate of drug-likeness (QED) is 0.370. The maximum Gasteiger partial charge on any atom is 0.330 e. The van der Waals surface area contributed by atoms with Gasteiger partial charge in [-0.1, -0.05) is 13.8 Å². The second kappa shape index (κ2) is 10.6. The molecule has 0 aliphatic rings. The molecule has 0 spiro atoms. The van der Waals surface area contributed by atoms with Gasteiger partial charge in [-0.15, -0.1) is 0 Å². The number of hydrogen-bond acceptors (Lipinski definition) is 7. The van der Waals surface area contributed by atoms with Gasteiger partial charge in [-0.2, -0.15) is 0 Å². The molecule has 12 nitrogen and oxygen atoms in total. The maximum absolute atomic E-state index is 13.6. The Kier molecular flexibility index (Phi) is 7.75. The lowest BCUT2D eigenvalue weighted by atomic mass is 10.1. The molecule has 0 radical (unpaired) electrons. The third-order valence-electron chi connectivity index (χ3n) is 5.55. The van der Waals surface area contributed by atoms with Crippen LogP contribution in [0.3, 0.4) is 0 Å². The number of ether oxygens (including phenoxy) is 1. The molecule has 2 heterocycles. The van der Waals surface area contributed by atoms with Crippen molar-refractivity contribution in [2.24, 2.45) is 5.92 Å². The molecule has 0 atom stereocenters. The molecule has 4 N–H and O–H groups in total. The van der Waals surface area contributed by atoms with Crippen molar-refractivity contribution < 1.29 is 9.53 Å². The van der Waals surface area contributed by atoms with Crippen molar-refractivity contribution in [1.82, 2.24) is 19.1 Å². The summed E-state index contributed by atoms with van der Waals surface area (Å²) in [5.74, 6) is -0.662. The average Bonchev–Trinajstić information content (AvgIpc) is 2.80. The summed E-state index contributed by atoms with van der Waals surface area (Å²) in [4.78, 5) is 69.7. The number of carbonyl (C=O) groups excluding carboxylic acids is 1. The first-order valence-electron chi connectivity index (χ1n) is 11.3. The number of methoxy groups -OCH3 is 1. The molecule has 0 unspecified atom stereocenters. The molecular formula is C23H30N6O6. The molecule has 0 saturated heterocycles. The van der Waals surface area contributed by atoms with Crippen LogP contribution in [0.15, 0.2) is 37.4 Å². The van der Waals surface area contributed by atoms with Crippen molar-refractivity contribution >= 4 is 28.3 Å². The van der Waals surface area contributed by atoms with Crippen molar-refractivity contribution in [3.05, 3.63) is 65.4 Å². The van der Waals surface area contributed by atoms with E-state index < -0.39 is 28.4 Å². The third kappa shape index (κ3) is 5.11. The minimum atomic E-state index is -0.793. The Morgan fingerprint density at radius 3 is 2.43 bits per heavy atom. The van der Waals surface area contributed by atoms with Gasteiger partial charge >= 0.3 is 11.4 Å². The molecule has 3 aromatic rings. The minimum absolute atomic E-state index is 0.0517. The second-order valence-electron chi connectivity index (χ2n) is 8.54. The van der Waals surface area contributed by atoms with Gasteiger partial charge in [-0.05, 0) is 37.5 Å². The Hall–Kier alpha value is -3.93. The number of carbonyl (C=O) groups is 1.